The zero-order valence-corrected chi connectivity index (χ0v) is 13.9. The van der Waals surface area contributed by atoms with Crippen molar-refractivity contribution in [3.05, 3.63) is 63.6 Å². The Kier molecular flexibility index (Phi) is 3.77. The number of aromatic nitrogens is 3. The lowest BCUT2D eigenvalue weighted by Gasteiger charge is -2.08. The van der Waals surface area contributed by atoms with E-state index in [9.17, 15) is 19.8 Å². The van der Waals surface area contributed by atoms with Crippen LogP contribution in [0.5, 0.6) is 5.75 Å². The summed E-state index contributed by atoms with van der Waals surface area (Å²) >= 11 is 1.12. The molecule has 2 N–H and O–H groups in total. The predicted molar refractivity (Wildman–Crippen MR) is 93.5 cm³/mol. The first-order valence-electron chi connectivity index (χ1n) is 7.50. The van der Waals surface area contributed by atoms with E-state index in [4.69, 9.17) is 4.52 Å². The second-order valence-corrected chi connectivity index (χ2v) is 6.35. The predicted octanol–water partition coefficient (Wildman–Crippen LogP) is 2.57. The average Bonchev–Trinajstić information content (AvgIpc) is 3.29. The van der Waals surface area contributed by atoms with Crippen molar-refractivity contribution >= 4 is 27.5 Å². The molecule has 0 fully saturated rings. The van der Waals surface area contributed by atoms with Gasteiger partial charge >= 0.3 is 5.97 Å². The number of thiophene rings is 1. The first kappa shape index (κ1) is 16.0. The molecule has 4 rings (SSSR count). The van der Waals surface area contributed by atoms with Gasteiger partial charge in [-0.05, 0) is 11.4 Å². The summed E-state index contributed by atoms with van der Waals surface area (Å²) in [7, 11) is 0. The van der Waals surface area contributed by atoms with Gasteiger partial charge in [-0.15, -0.1) is 11.3 Å². The minimum absolute atomic E-state index is 0.0840. The van der Waals surface area contributed by atoms with Crippen LogP contribution in [0, 0.1) is 0 Å². The lowest BCUT2D eigenvalue weighted by atomic mass is 10.2. The fourth-order valence-corrected chi connectivity index (χ4v) is 3.60. The summed E-state index contributed by atoms with van der Waals surface area (Å²) in [6.45, 7) is -0.0840. The molecule has 0 bridgehead atoms. The van der Waals surface area contributed by atoms with Crippen molar-refractivity contribution in [3.63, 3.8) is 0 Å². The van der Waals surface area contributed by atoms with Gasteiger partial charge in [0.25, 0.3) is 5.56 Å². The van der Waals surface area contributed by atoms with Crippen molar-refractivity contribution in [2.24, 2.45) is 0 Å². The van der Waals surface area contributed by atoms with Crippen molar-refractivity contribution in [2.75, 3.05) is 0 Å². The van der Waals surface area contributed by atoms with E-state index in [0.29, 0.717) is 16.0 Å². The number of aromatic carboxylic acids is 1. The van der Waals surface area contributed by atoms with Gasteiger partial charge in [-0.3, -0.25) is 9.36 Å². The van der Waals surface area contributed by atoms with Gasteiger partial charge in [0.15, 0.2) is 5.75 Å². The third kappa shape index (κ3) is 2.54. The molecule has 0 saturated carbocycles. The molecular weight excluding hydrogens is 358 g/mol. The summed E-state index contributed by atoms with van der Waals surface area (Å²) in [5.41, 5.74) is -0.0752. The maximum Gasteiger partial charge on any atom is 0.341 e. The monoisotopic (exact) mass is 369 g/mol. The van der Waals surface area contributed by atoms with E-state index in [1.165, 1.54) is 4.57 Å². The van der Waals surface area contributed by atoms with Crippen LogP contribution in [0.4, 0.5) is 0 Å². The molecule has 0 amide bonds. The van der Waals surface area contributed by atoms with Crippen LogP contribution in [0.2, 0.25) is 0 Å². The standard InChI is InChI=1S/C17H11N3O5S/c21-13-12(17(23)24)14-10(6-7-26-14)20(16(13)22)8-11-18-15(19-25-11)9-4-2-1-3-5-9/h1-7,21H,8H2,(H,23,24). The van der Waals surface area contributed by atoms with Crippen LogP contribution < -0.4 is 5.56 Å². The fourth-order valence-electron chi connectivity index (χ4n) is 2.67. The molecule has 8 nitrogen and oxygen atoms in total. The van der Waals surface area contributed by atoms with E-state index in [1.807, 2.05) is 30.3 Å². The quantitative estimate of drug-likeness (QED) is 0.567. The van der Waals surface area contributed by atoms with Gasteiger partial charge < -0.3 is 14.7 Å². The van der Waals surface area contributed by atoms with Gasteiger partial charge in [-0.25, -0.2) is 4.79 Å². The minimum Gasteiger partial charge on any atom is -0.502 e. The Morgan fingerprint density at radius 2 is 2.00 bits per heavy atom. The van der Waals surface area contributed by atoms with E-state index in [1.54, 1.807) is 11.4 Å². The van der Waals surface area contributed by atoms with Gasteiger partial charge in [0.05, 0.1) is 10.2 Å². The number of rotatable bonds is 4. The SMILES string of the molecule is O=C(O)c1c(O)c(=O)n(Cc2nc(-c3ccccc3)no2)c2ccsc12. The van der Waals surface area contributed by atoms with Crippen LogP contribution >= 0.6 is 11.3 Å². The van der Waals surface area contributed by atoms with Crippen LogP contribution in [0.25, 0.3) is 21.6 Å². The van der Waals surface area contributed by atoms with Crippen LogP contribution in [-0.2, 0) is 6.54 Å². The molecule has 26 heavy (non-hydrogen) atoms. The first-order chi connectivity index (χ1) is 12.6. The Balaban J connectivity index is 1.80. The summed E-state index contributed by atoms with van der Waals surface area (Å²) in [6, 6.07) is 10.8. The van der Waals surface area contributed by atoms with Crippen LogP contribution in [0.15, 0.2) is 51.1 Å². The molecule has 130 valence electrons. The summed E-state index contributed by atoms with van der Waals surface area (Å²) < 4.78 is 6.73. The molecule has 0 unspecified atom stereocenters. The van der Waals surface area contributed by atoms with E-state index in [0.717, 1.165) is 16.9 Å². The molecule has 9 heteroatoms. The molecular formula is C17H11N3O5S. The maximum absolute atomic E-state index is 12.5. The minimum atomic E-state index is -1.36. The Labute approximate surface area is 149 Å². The van der Waals surface area contributed by atoms with Crippen LogP contribution in [0.3, 0.4) is 0 Å². The maximum atomic E-state index is 12.5. The highest BCUT2D eigenvalue weighted by Gasteiger charge is 2.23. The van der Waals surface area contributed by atoms with Gasteiger partial charge in [-0.2, -0.15) is 4.98 Å². The lowest BCUT2D eigenvalue weighted by Crippen LogP contribution is -2.23. The van der Waals surface area contributed by atoms with E-state index >= 15 is 0 Å². The molecule has 0 saturated heterocycles. The van der Waals surface area contributed by atoms with Crippen molar-refractivity contribution < 1.29 is 19.5 Å². The fraction of sp³-hybridized carbons (Fsp3) is 0.0588. The molecule has 0 spiro atoms. The Morgan fingerprint density at radius 3 is 2.73 bits per heavy atom. The highest BCUT2D eigenvalue weighted by atomic mass is 32.1. The van der Waals surface area contributed by atoms with Crippen molar-refractivity contribution in [1.29, 1.82) is 0 Å². The van der Waals surface area contributed by atoms with Crippen LogP contribution in [-0.4, -0.2) is 30.9 Å². The number of benzene rings is 1. The molecule has 4 aromatic rings. The third-order valence-corrected chi connectivity index (χ3v) is 4.78. The summed E-state index contributed by atoms with van der Waals surface area (Å²) in [5.74, 6) is -1.62. The zero-order valence-electron chi connectivity index (χ0n) is 13.1. The van der Waals surface area contributed by atoms with Gasteiger partial charge in [0, 0.05) is 5.56 Å². The number of fused-ring (bicyclic) bond motifs is 1. The average molecular weight is 369 g/mol. The van der Waals surface area contributed by atoms with Crippen molar-refractivity contribution in [1.82, 2.24) is 14.7 Å². The number of carboxylic acids is 1. The van der Waals surface area contributed by atoms with Crippen molar-refractivity contribution in [2.45, 2.75) is 6.54 Å². The molecule has 0 aliphatic rings. The molecule has 0 radical (unpaired) electrons. The molecule has 0 atom stereocenters. The van der Waals surface area contributed by atoms with E-state index in [2.05, 4.69) is 10.1 Å². The molecule has 1 aromatic carbocycles. The van der Waals surface area contributed by atoms with E-state index < -0.39 is 22.8 Å². The number of hydrogen-bond donors (Lipinski definition) is 2. The van der Waals surface area contributed by atoms with Gasteiger partial charge in [0.2, 0.25) is 11.7 Å². The topological polar surface area (TPSA) is 118 Å². The number of nitrogens with zero attached hydrogens (tertiary/aromatic N) is 3. The number of carbonyl (C=O) groups is 1. The number of carboxylic acid groups (broad SMARTS) is 1. The molecule has 0 aliphatic heterocycles. The highest BCUT2D eigenvalue weighted by Crippen LogP contribution is 2.29. The number of hydrogen-bond acceptors (Lipinski definition) is 7. The second-order valence-electron chi connectivity index (χ2n) is 5.43. The Hall–Kier alpha value is -3.46. The smallest absolute Gasteiger partial charge is 0.341 e. The van der Waals surface area contributed by atoms with Crippen LogP contribution in [0.1, 0.15) is 16.2 Å². The Morgan fingerprint density at radius 1 is 1.23 bits per heavy atom. The Bertz CT molecular complexity index is 1180. The third-order valence-electron chi connectivity index (χ3n) is 3.85. The number of aromatic hydroxyl groups is 1. The largest absolute Gasteiger partial charge is 0.502 e. The summed E-state index contributed by atoms with van der Waals surface area (Å²) in [6.07, 6.45) is 0. The van der Waals surface area contributed by atoms with E-state index in [-0.39, 0.29) is 12.4 Å². The molecule has 3 aromatic heterocycles. The highest BCUT2D eigenvalue weighted by molar-refractivity contribution is 7.17. The first-order valence-corrected chi connectivity index (χ1v) is 8.38. The van der Waals surface area contributed by atoms with Gasteiger partial charge in [0.1, 0.15) is 12.1 Å². The molecule has 0 aliphatic carbocycles. The van der Waals surface area contributed by atoms with Gasteiger partial charge in [-0.1, -0.05) is 35.5 Å². The zero-order chi connectivity index (χ0) is 18.3. The summed E-state index contributed by atoms with van der Waals surface area (Å²) in [4.78, 5) is 28.1. The second kappa shape index (κ2) is 6.12. The lowest BCUT2D eigenvalue weighted by molar-refractivity contribution is 0.0695. The molecule has 3 heterocycles. The number of pyridine rings is 1. The van der Waals surface area contributed by atoms with Crippen molar-refractivity contribution in [3.8, 4) is 17.1 Å². The summed E-state index contributed by atoms with van der Waals surface area (Å²) in [5, 5.41) is 24.9. The normalized spacial score (nSPS) is 11.1.